The molecule has 1 heterocycles. The molecule has 0 bridgehead atoms. The molecule has 1 saturated carbocycles. The van der Waals surface area contributed by atoms with Crippen molar-refractivity contribution in [3.05, 3.63) is 30.6 Å². The maximum atomic E-state index is 9.56. The molecular weight excluding hydrogens is 258 g/mol. The molecule has 0 saturated heterocycles. The first kappa shape index (κ1) is 12.8. The molecule has 3 N–H and O–H groups in total. The minimum atomic E-state index is 0.00538. The second-order valence-electron chi connectivity index (χ2n) is 4.95. The number of hydrogen-bond donors (Lipinski definition) is 2. The molecule has 19 heavy (non-hydrogen) atoms. The number of para-hydroxylation sites is 1. The number of aromatic nitrogens is 2. The molecule has 0 amide bonds. The van der Waals surface area contributed by atoms with Crippen LogP contribution in [0.4, 0.5) is 0 Å². The smallest absolute Gasteiger partial charge is 0.117 e. The Kier molecular flexibility index (Phi) is 3.68. The highest BCUT2D eigenvalue weighted by Gasteiger charge is 2.34. The first-order valence-electron chi connectivity index (χ1n) is 6.52. The molecule has 5 heteroatoms. The van der Waals surface area contributed by atoms with E-state index in [4.69, 9.17) is 5.73 Å². The van der Waals surface area contributed by atoms with Crippen molar-refractivity contribution in [2.75, 3.05) is 6.61 Å². The van der Waals surface area contributed by atoms with Crippen molar-refractivity contribution < 1.29 is 5.11 Å². The minimum absolute atomic E-state index is 0.00538. The molecule has 0 spiro atoms. The molecular formula is C14H17N3OS. The number of hydrogen-bond acceptors (Lipinski definition) is 5. The molecule has 2 unspecified atom stereocenters. The summed E-state index contributed by atoms with van der Waals surface area (Å²) in [5.74, 6) is 0.567. The van der Waals surface area contributed by atoms with Gasteiger partial charge < -0.3 is 10.8 Å². The average molecular weight is 275 g/mol. The van der Waals surface area contributed by atoms with E-state index in [0.29, 0.717) is 5.92 Å². The van der Waals surface area contributed by atoms with Gasteiger partial charge in [0.05, 0.1) is 12.1 Å². The van der Waals surface area contributed by atoms with Gasteiger partial charge in [-0.2, -0.15) is 0 Å². The van der Waals surface area contributed by atoms with E-state index in [9.17, 15) is 5.11 Å². The van der Waals surface area contributed by atoms with Crippen molar-refractivity contribution in [1.29, 1.82) is 0 Å². The van der Waals surface area contributed by atoms with Crippen molar-refractivity contribution in [2.24, 2.45) is 11.7 Å². The Morgan fingerprint density at radius 3 is 2.84 bits per heavy atom. The van der Waals surface area contributed by atoms with Crippen LogP contribution in [0.1, 0.15) is 12.8 Å². The van der Waals surface area contributed by atoms with Gasteiger partial charge in [-0.3, -0.25) is 0 Å². The summed E-state index contributed by atoms with van der Waals surface area (Å²) in [6.07, 6.45) is 3.94. The zero-order chi connectivity index (χ0) is 13.2. The Balaban J connectivity index is 1.87. The van der Waals surface area contributed by atoms with Gasteiger partial charge in [-0.05, 0) is 24.8 Å². The first-order valence-corrected chi connectivity index (χ1v) is 7.40. The molecule has 3 rings (SSSR count). The number of rotatable bonds is 5. The molecule has 1 fully saturated rings. The van der Waals surface area contributed by atoms with Crippen molar-refractivity contribution >= 4 is 22.7 Å². The third kappa shape index (κ3) is 2.73. The molecule has 1 aromatic carbocycles. The van der Waals surface area contributed by atoms with E-state index in [2.05, 4.69) is 9.97 Å². The molecule has 1 aliphatic rings. The Morgan fingerprint density at radius 2 is 2.11 bits per heavy atom. The fourth-order valence-electron chi connectivity index (χ4n) is 2.24. The largest absolute Gasteiger partial charge is 0.395 e. The highest BCUT2D eigenvalue weighted by atomic mass is 32.2. The van der Waals surface area contributed by atoms with Crippen LogP contribution in [-0.2, 0) is 0 Å². The Bertz CT molecular complexity index is 568. The van der Waals surface area contributed by atoms with Gasteiger partial charge in [0, 0.05) is 16.7 Å². The van der Waals surface area contributed by atoms with E-state index in [1.165, 1.54) is 12.8 Å². The number of fused-ring (bicyclic) bond motifs is 1. The van der Waals surface area contributed by atoms with Crippen LogP contribution in [0.15, 0.2) is 35.6 Å². The van der Waals surface area contributed by atoms with Gasteiger partial charge >= 0.3 is 0 Å². The number of nitrogens with zero attached hydrogens (tertiary/aromatic N) is 2. The summed E-state index contributed by atoms with van der Waals surface area (Å²) < 4.78 is 0. The summed E-state index contributed by atoms with van der Waals surface area (Å²) in [4.78, 5) is 8.59. The second-order valence-corrected chi connectivity index (χ2v) is 6.18. The quantitative estimate of drug-likeness (QED) is 0.643. The molecule has 0 aliphatic heterocycles. The van der Waals surface area contributed by atoms with Crippen molar-refractivity contribution in [1.82, 2.24) is 9.97 Å². The maximum absolute atomic E-state index is 9.56. The number of nitrogens with two attached hydrogens (primary N) is 1. The van der Waals surface area contributed by atoms with Crippen molar-refractivity contribution in [2.45, 2.75) is 29.2 Å². The van der Waals surface area contributed by atoms with Crippen LogP contribution in [0.5, 0.6) is 0 Å². The molecule has 2 aromatic rings. The number of benzene rings is 1. The molecule has 2 atom stereocenters. The fourth-order valence-corrected chi connectivity index (χ4v) is 3.39. The van der Waals surface area contributed by atoms with Gasteiger partial charge in [-0.15, -0.1) is 0 Å². The van der Waals surface area contributed by atoms with Crippen molar-refractivity contribution in [3.8, 4) is 0 Å². The van der Waals surface area contributed by atoms with Gasteiger partial charge in [0.1, 0.15) is 11.4 Å². The third-order valence-electron chi connectivity index (χ3n) is 3.54. The van der Waals surface area contributed by atoms with Crippen LogP contribution in [0.25, 0.3) is 10.9 Å². The van der Waals surface area contributed by atoms with E-state index in [-0.39, 0.29) is 17.9 Å². The van der Waals surface area contributed by atoms with E-state index in [1.807, 2.05) is 24.3 Å². The zero-order valence-corrected chi connectivity index (χ0v) is 11.4. The molecule has 0 radical (unpaired) electrons. The van der Waals surface area contributed by atoms with Crippen LogP contribution >= 0.6 is 11.8 Å². The second kappa shape index (κ2) is 5.45. The summed E-state index contributed by atoms with van der Waals surface area (Å²) in [5.41, 5.74) is 7.13. The lowest BCUT2D eigenvalue weighted by molar-refractivity contribution is 0.277. The SMILES string of the molecule is NC(C1CC1)C(CO)Sc1ncnc2ccccc12. The van der Waals surface area contributed by atoms with E-state index in [0.717, 1.165) is 15.9 Å². The lowest BCUT2D eigenvalue weighted by Crippen LogP contribution is -2.36. The lowest BCUT2D eigenvalue weighted by Gasteiger charge is -2.21. The molecule has 4 nitrogen and oxygen atoms in total. The van der Waals surface area contributed by atoms with Gasteiger partial charge in [0.15, 0.2) is 0 Å². The van der Waals surface area contributed by atoms with Crippen LogP contribution in [-0.4, -0.2) is 33.0 Å². The van der Waals surface area contributed by atoms with Gasteiger partial charge in [-0.1, -0.05) is 30.0 Å². The van der Waals surface area contributed by atoms with Crippen LogP contribution in [0.2, 0.25) is 0 Å². The topological polar surface area (TPSA) is 72.0 Å². The minimum Gasteiger partial charge on any atom is -0.395 e. The first-order chi connectivity index (χ1) is 9.29. The molecule has 1 aliphatic carbocycles. The number of aliphatic hydroxyl groups excluding tert-OH is 1. The van der Waals surface area contributed by atoms with Crippen LogP contribution in [0.3, 0.4) is 0 Å². The fraction of sp³-hybridized carbons (Fsp3) is 0.429. The summed E-state index contributed by atoms with van der Waals surface area (Å²) in [5, 5.41) is 11.5. The highest BCUT2D eigenvalue weighted by molar-refractivity contribution is 8.00. The van der Waals surface area contributed by atoms with Crippen LogP contribution < -0.4 is 5.73 Å². The maximum Gasteiger partial charge on any atom is 0.117 e. The normalized spacial score (nSPS) is 18.4. The Morgan fingerprint density at radius 1 is 1.32 bits per heavy atom. The van der Waals surface area contributed by atoms with E-state index >= 15 is 0 Å². The molecule has 100 valence electrons. The zero-order valence-electron chi connectivity index (χ0n) is 10.6. The number of thioether (sulfide) groups is 1. The van der Waals surface area contributed by atoms with Crippen molar-refractivity contribution in [3.63, 3.8) is 0 Å². The number of aliphatic hydroxyl groups is 1. The monoisotopic (exact) mass is 275 g/mol. The Hall–Kier alpha value is -1.17. The lowest BCUT2D eigenvalue weighted by atomic mass is 10.1. The summed E-state index contributed by atoms with van der Waals surface area (Å²) >= 11 is 1.57. The summed E-state index contributed by atoms with van der Waals surface area (Å²) in [7, 11) is 0. The third-order valence-corrected chi connectivity index (χ3v) is 4.86. The van der Waals surface area contributed by atoms with E-state index in [1.54, 1.807) is 18.1 Å². The standard InChI is InChI=1S/C14H17N3OS/c15-13(9-5-6-9)12(7-18)19-14-10-3-1-2-4-11(10)16-8-17-14/h1-4,8-9,12-13,18H,5-7,15H2. The summed E-state index contributed by atoms with van der Waals surface area (Å²) in [6.45, 7) is 0.0840. The van der Waals surface area contributed by atoms with Crippen LogP contribution in [0, 0.1) is 5.92 Å². The van der Waals surface area contributed by atoms with Gasteiger partial charge in [0.25, 0.3) is 0 Å². The van der Waals surface area contributed by atoms with Gasteiger partial charge in [0.2, 0.25) is 0 Å². The average Bonchev–Trinajstić information content (AvgIpc) is 3.28. The Labute approximate surface area is 116 Å². The predicted octanol–water partition coefficient (Wildman–Crippen LogP) is 1.82. The molecule has 1 aromatic heterocycles. The van der Waals surface area contributed by atoms with E-state index < -0.39 is 0 Å². The van der Waals surface area contributed by atoms with Gasteiger partial charge in [-0.25, -0.2) is 9.97 Å². The highest BCUT2D eigenvalue weighted by Crippen LogP contribution is 2.38. The summed E-state index contributed by atoms with van der Waals surface area (Å²) in [6, 6.07) is 7.96. The predicted molar refractivity (Wildman–Crippen MR) is 77.0 cm³/mol.